The zero-order valence-electron chi connectivity index (χ0n) is 14.4. The molecule has 3 rings (SSSR count). The summed E-state index contributed by atoms with van der Waals surface area (Å²) < 4.78 is 0.834. The van der Waals surface area contributed by atoms with Crippen LogP contribution in [0.15, 0.2) is 34.7 Å². The van der Waals surface area contributed by atoms with Gasteiger partial charge in [0.25, 0.3) is 0 Å². The Morgan fingerprint density at radius 3 is 2.76 bits per heavy atom. The molecule has 1 saturated carbocycles. The average Bonchev–Trinajstić information content (AvgIpc) is 3.09. The molecule has 1 atom stereocenters. The lowest BCUT2D eigenvalue weighted by atomic mass is 9.96. The molecule has 1 fully saturated rings. The normalized spacial score (nSPS) is 16.4. The Bertz CT molecular complexity index is 671. The fourth-order valence-corrected chi connectivity index (χ4v) is 4.62. The van der Waals surface area contributed by atoms with E-state index < -0.39 is 0 Å². The van der Waals surface area contributed by atoms with Crippen molar-refractivity contribution in [3.8, 4) is 0 Å². The summed E-state index contributed by atoms with van der Waals surface area (Å²) in [5.74, 6) is 0.369. The lowest BCUT2D eigenvalue weighted by molar-refractivity contribution is -0.119. The molecule has 1 aliphatic rings. The van der Waals surface area contributed by atoms with E-state index in [0.29, 0.717) is 11.8 Å². The van der Waals surface area contributed by atoms with Crippen LogP contribution in [0.5, 0.6) is 0 Å². The molecule has 0 aliphatic heterocycles. The first-order chi connectivity index (χ1) is 12.2. The largest absolute Gasteiger partial charge is 0.357 e. The summed E-state index contributed by atoms with van der Waals surface area (Å²) in [5.41, 5.74) is 1.11. The molecular formula is C18H24N4OS2. The van der Waals surface area contributed by atoms with Crippen LogP contribution in [0.3, 0.4) is 0 Å². The number of hydrogen-bond acceptors (Lipinski definition) is 6. The van der Waals surface area contributed by atoms with Crippen molar-refractivity contribution in [2.24, 2.45) is 0 Å². The third-order valence-electron chi connectivity index (χ3n) is 4.34. The van der Waals surface area contributed by atoms with E-state index in [0.717, 1.165) is 15.0 Å². The maximum Gasteiger partial charge on any atom is 0.230 e. The standard InChI is InChI=1S/C18H24N4OS2/c1-13(14-8-4-2-5-9-14)19-16(23)12-24-18-22-21-17(25-18)20-15-10-6-3-7-11-15/h2,4-5,8-9,13,15H,3,6-7,10-12H2,1H3,(H,19,23)(H,20,21). The Morgan fingerprint density at radius 2 is 2.00 bits per heavy atom. The van der Waals surface area contributed by atoms with Crippen LogP contribution < -0.4 is 10.6 Å². The van der Waals surface area contributed by atoms with Gasteiger partial charge in [0.15, 0.2) is 4.34 Å². The van der Waals surface area contributed by atoms with E-state index in [4.69, 9.17) is 0 Å². The van der Waals surface area contributed by atoms with Crippen molar-refractivity contribution in [3.05, 3.63) is 35.9 Å². The molecule has 7 heteroatoms. The molecule has 2 N–H and O–H groups in total. The van der Waals surface area contributed by atoms with Crippen LogP contribution >= 0.6 is 23.1 Å². The Kier molecular flexibility index (Phi) is 6.69. The van der Waals surface area contributed by atoms with E-state index in [1.807, 2.05) is 37.3 Å². The summed E-state index contributed by atoms with van der Waals surface area (Å²) in [4.78, 5) is 12.1. The molecule has 0 saturated heterocycles. The van der Waals surface area contributed by atoms with Crippen LogP contribution in [-0.4, -0.2) is 27.9 Å². The number of amides is 1. The van der Waals surface area contributed by atoms with Crippen LogP contribution in [0.25, 0.3) is 0 Å². The van der Waals surface area contributed by atoms with Crippen LogP contribution in [0.2, 0.25) is 0 Å². The predicted molar refractivity (Wildman–Crippen MR) is 104 cm³/mol. The summed E-state index contributed by atoms with van der Waals surface area (Å²) in [6, 6.07) is 10.5. The van der Waals surface area contributed by atoms with Gasteiger partial charge in [0.1, 0.15) is 0 Å². The first-order valence-corrected chi connectivity index (χ1v) is 10.6. The van der Waals surface area contributed by atoms with Crippen LogP contribution in [0.1, 0.15) is 50.6 Å². The van der Waals surface area contributed by atoms with Crippen molar-refractivity contribution in [1.29, 1.82) is 0 Å². The number of nitrogens with one attached hydrogen (secondary N) is 2. The molecular weight excluding hydrogens is 352 g/mol. The minimum absolute atomic E-state index is 0.00671. The smallest absolute Gasteiger partial charge is 0.230 e. The number of rotatable bonds is 7. The van der Waals surface area contributed by atoms with Gasteiger partial charge in [-0.05, 0) is 25.3 Å². The van der Waals surface area contributed by atoms with E-state index >= 15 is 0 Å². The topological polar surface area (TPSA) is 66.9 Å². The summed E-state index contributed by atoms with van der Waals surface area (Å²) in [6.07, 6.45) is 6.34. The molecule has 0 spiro atoms. The highest BCUT2D eigenvalue weighted by Crippen LogP contribution is 2.28. The number of carbonyl (C=O) groups is 1. The number of thioether (sulfide) groups is 1. The molecule has 134 valence electrons. The molecule has 25 heavy (non-hydrogen) atoms. The average molecular weight is 377 g/mol. The Hall–Kier alpha value is -1.60. The fourth-order valence-electron chi connectivity index (χ4n) is 2.98. The number of hydrogen-bond donors (Lipinski definition) is 2. The second-order valence-electron chi connectivity index (χ2n) is 6.34. The van der Waals surface area contributed by atoms with Gasteiger partial charge in [0.2, 0.25) is 11.0 Å². The van der Waals surface area contributed by atoms with Crippen molar-refractivity contribution in [2.75, 3.05) is 11.1 Å². The van der Waals surface area contributed by atoms with Crippen molar-refractivity contribution in [3.63, 3.8) is 0 Å². The van der Waals surface area contributed by atoms with E-state index in [2.05, 4.69) is 20.8 Å². The van der Waals surface area contributed by atoms with Gasteiger partial charge < -0.3 is 10.6 Å². The maximum atomic E-state index is 12.1. The van der Waals surface area contributed by atoms with Crippen molar-refractivity contribution >= 4 is 34.1 Å². The summed E-state index contributed by atoms with van der Waals surface area (Å²) >= 11 is 2.97. The van der Waals surface area contributed by atoms with Gasteiger partial charge in [-0.15, -0.1) is 10.2 Å². The molecule has 1 amide bonds. The van der Waals surface area contributed by atoms with E-state index in [1.54, 1.807) is 0 Å². The quantitative estimate of drug-likeness (QED) is 0.707. The highest BCUT2D eigenvalue weighted by molar-refractivity contribution is 8.01. The van der Waals surface area contributed by atoms with Crippen molar-refractivity contribution < 1.29 is 4.79 Å². The predicted octanol–water partition coefficient (Wildman–Crippen LogP) is 4.25. The Labute approximate surface area is 157 Å². The SMILES string of the molecule is CC(NC(=O)CSc1nnc(NC2CCCCC2)s1)c1ccccc1. The highest BCUT2D eigenvalue weighted by atomic mass is 32.2. The van der Waals surface area contributed by atoms with Crippen molar-refractivity contribution in [1.82, 2.24) is 15.5 Å². The second-order valence-corrected chi connectivity index (χ2v) is 8.54. The van der Waals surface area contributed by atoms with Gasteiger partial charge in [-0.3, -0.25) is 4.79 Å². The van der Waals surface area contributed by atoms with E-state index in [1.165, 1.54) is 55.2 Å². The van der Waals surface area contributed by atoms with Crippen LogP contribution in [-0.2, 0) is 4.79 Å². The van der Waals surface area contributed by atoms with Gasteiger partial charge >= 0.3 is 0 Å². The lowest BCUT2D eigenvalue weighted by Gasteiger charge is -2.21. The third-order valence-corrected chi connectivity index (χ3v) is 6.33. The van der Waals surface area contributed by atoms with Gasteiger partial charge in [0, 0.05) is 6.04 Å². The first-order valence-electron chi connectivity index (χ1n) is 8.78. The zero-order valence-corrected chi connectivity index (χ0v) is 16.0. The van der Waals surface area contributed by atoms with Gasteiger partial charge in [-0.2, -0.15) is 0 Å². The van der Waals surface area contributed by atoms with E-state index in [-0.39, 0.29) is 11.9 Å². The molecule has 1 unspecified atom stereocenters. The molecule has 1 aliphatic carbocycles. The molecule has 0 radical (unpaired) electrons. The summed E-state index contributed by atoms with van der Waals surface area (Å²) in [6.45, 7) is 2.00. The molecule has 2 aromatic rings. The third kappa shape index (κ3) is 5.71. The van der Waals surface area contributed by atoms with Crippen LogP contribution in [0.4, 0.5) is 5.13 Å². The molecule has 1 heterocycles. The first kappa shape index (κ1) is 18.2. The number of anilines is 1. The maximum absolute atomic E-state index is 12.1. The Morgan fingerprint density at radius 1 is 1.24 bits per heavy atom. The van der Waals surface area contributed by atoms with Gasteiger partial charge in [0.05, 0.1) is 11.8 Å². The molecule has 0 bridgehead atoms. The fraction of sp³-hybridized carbons (Fsp3) is 0.500. The number of carbonyl (C=O) groups excluding carboxylic acids is 1. The zero-order chi connectivity index (χ0) is 17.5. The van der Waals surface area contributed by atoms with Crippen molar-refractivity contribution in [2.45, 2.75) is 55.5 Å². The molecule has 1 aromatic carbocycles. The van der Waals surface area contributed by atoms with Gasteiger partial charge in [-0.1, -0.05) is 72.7 Å². The molecule has 5 nitrogen and oxygen atoms in total. The monoisotopic (exact) mass is 376 g/mol. The minimum atomic E-state index is 0.00671. The van der Waals surface area contributed by atoms with E-state index in [9.17, 15) is 4.79 Å². The highest BCUT2D eigenvalue weighted by Gasteiger charge is 2.16. The number of aromatic nitrogens is 2. The van der Waals surface area contributed by atoms with Crippen LogP contribution in [0, 0.1) is 0 Å². The number of benzene rings is 1. The Balaban J connectivity index is 1.43. The van der Waals surface area contributed by atoms with Gasteiger partial charge in [-0.25, -0.2) is 0 Å². The lowest BCUT2D eigenvalue weighted by Crippen LogP contribution is -2.28. The minimum Gasteiger partial charge on any atom is -0.357 e. The second kappa shape index (κ2) is 9.20. The summed E-state index contributed by atoms with van der Waals surface area (Å²) in [7, 11) is 0. The summed E-state index contributed by atoms with van der Waals surface area (Å²) in [5, 5.41) is 15.7. The number of nitrogens with zero attached hydrogens (tertiary/aromatic N) is 2. The molecule has 1 aromatic heterocycles.